The highest BCUT2D eigenvalue weighted by Crippen LogP contribution is 2.20. The van der Waals surface area contributed by atoms with Crippen LogP contribution in [0.15, 0.2) is 0 Å². The summed E-state index contributed by atoms with van der Waals surface area (Å²) in [7, 11) is 0. The predicted molar refractivity (Wildman–Crippen MR) is 39.9 cm³/mol. The Morgan fingerprint density at radius 1 is 1.00 bits per heavy atom. The molecule has 1 aliphatic heterocycles. The van der Waals surface area contributed by atoms with Crippen LogP contribution >= 0.6 is 0 Å². The second kappa shape index (κ2) is 3.25. The van der Waals surface area contributed by atoms with Crippen LogP contribution in [-0.2, 0) is 9.47 Å². The zero-order valence-corrected chi connectivity index (χ0v) is 6.69. The van der Waals surface area contributed by atoms with Gasteiger partial charge >= 0.3 is 0 Å². The first-order valence-corrected chi connectivity index (χ1v) is 3.66. The van der Waals surface area contributed by atoms with Gasteiger partial charge in [0, 0.05) is 13.1 Å². The van der Waals surface area contributed by atoms with Gasteiger partial charge in [-0.15, -0.1) is 0 Å². The summed E-state index contributed by atoms with van der Waals surface area (Å²) in [6, 6.07) is 0. The first kappa shape index (κ1) is 9.85. The van der Waals surface area contributed by atoms with Crippen LogP contribution in [0.1, 0.15) is 0 Å². The largest absolute Gasteiger partial charge is 0.363 e. The molecule has 0 aliphatic carbocycles. The maximum absolute atomic E-state index is 9.38. The van der Waals surface area contributed by atoms with E-state index in [9.17, 15) is 10.2 Å². The Morgan fingerprint density at radius 3 is 1.50 bits per heavy atom. The standard InChI is InChI=1S/C6H14N2O4/c7-1-5(9)3-12-6(10,2-8)4-11-5/h9-10H,1-4,7-8H2/t5-,6-/m1/s1. The quantitative estimate of drug-likeness (QED) is 0.367. The first-order valence-electron chi connectivity index (χ1n) is 3.66. The number of aliphatic hydroxyl groups is 2. The molecule has 0 bridgehead atoms. The lowest BCUT2D eigenvalue weighted by Gasteiger charge is -2.39. The second-order valence-corrected chi connectivity index (χ2v) is 2.88. The van der Waals surface area contributed by atoms with Gasteiger partial charge in [0.15, 0.2) is 0 Å². The maximum Gasteiger partial charge on any atom is 0.202 e. The van der Waals surface area contributed by atoms with Crippen LogP contribution in [0.3, 0.4) is 0 Å². The normalized spacial score (nSPS) is 43.0. The van der Waals surface area contributed by atoms with Gasteiger partial charge in [-0.05, 0) is 0 Å². The average molecular weight is 178 g/mol. The molecule has 1 fully saturated rings. The summed E-state index contributed by atoms with van der Waals surface area (Å²) in [5, 5.41) is 18.8. The number of ether oxygens (including phenoxy) is 2. The second-order valence-electron chi connectivity index (χ2n) is 2.88. The van der Waals surface area contributed by atoms with E-state index in [1.165, 1.54) is 0 Å². The Kier molecular flexibility index (Phi) is 2.67. The molecule has 6 nitrogen and oxygen atoms in total. The Balaban J connectivity index is 2.49. The smallest absolute Gasteiger partial charge is 0.202 e. The molecule has 0 amide bonds. The summed E-state index contributed by atoms with van der Waals surface area (Å²) in [5.74, 6) is -2.97. The van der Waals surface area contributed by atoms with Crippen molar-refractivity contribution in [3.05, 3.63) is 0 Å². The molecule has 0 saturated carbocycles. The monoisotopic (exact) mass is 178 g/mol. The van der Waals surface area contributed by atoms with Crippen molar-refractivity contribution in [3.63, 3.8) is 0 Å². The van der Waals surface area contributed by atoms with E-state index >= 15 is 0 Å². The molecular formula is C6H14N2O4. The fourth-order valence-electron chi connectivity index (χ4n) is 0.813. The van der Waals surface area contributed by atoms with Gasteiger partial charge in [-0.1, -0.05) is 0 Å². The van der Waals surface area contributed by atoms with Gasteiger partial charge in [-0.2, -0.15) is 0 Å². The van der Waals surface area contributed by atoms with Crippen molar-refractivity contribution < 1.29 is 19.7 Å². The third-order valence-electron chi connectivity index (χ3n) is 1.77. The maximum atomic E-state index is 9.38. The summed E-state index contributed by atoms with van der Waals surface area (Å²) >= 11 is 0. The number of hydrogen-bond donors (Lipinski definition) is 4. The zero-order valence-electron chi connectivity index (χ0n) is 6.69. The van der Waals surface area contributed by atoms with Crippen molar-refractivity contribution in [2.45, 2.75) is 11.6 Å². The molecule has 0 unspecified atom stereocenters. The van der Waals surface area contributed by atoms with Gasteiger partial charge in [0.05, 0.1) is 0 Å². The Hall–Kier alpha value is -0.240. The van der Waals surface area contributed by atoms with Crippen molar-refractivity contribution >= 4 is 0 Å². The Bertz CT molecular complexity index is 138. The van der Waals surface area contributed by atoms with E-state index in [-0.39, 0.29) is 26.3 Å². The van der Waals surface area contributed by atoms with Gasteiger partial charge in [0.2, 0.25) is 11.6 Å². The van der Waals surface area contributed by atoms with Crippen LogP contribution in [-0.4, -0.2) is 48.1 Å². The number of hydrogen-bond acceptors (Lipinski definition) is 6. The number of nitrogens with two attached hydrogens (primary N) is 2. The lowest BCUT2D eigenvalue weighted by atomic mass is 10.2. The molecule has 72 valence electrons. The van der Waals surface area contributed by atoms with E-state index in [1.54, 1.807) is 0 Å². The summed E-state index contributed by atoms with van der Waals surface area (Å²) in [5.41, 5.74) is 10.4. The predicted octanol–water partition coefficient (Wildman–Crippen LogP) is -2.67. The molecule has 0 radical (unpaired) electrons. The summed E-state index contributed by atoms with van der Waals surface area (Å²) in [6.07, 6.45) is 0. The molecule has 12 heavy (non-hydrogen) atoms. The minimum absolute atomic E-state index is 0.0757. The molecule has 6 heteroatoms. The first-order chi connectivity index (χ1) is 5.54. The molecule has 0 aromatic rings. The lowest BCUT2D eigenvalue weighted by molar-refractivity contribution is -0.357. The lowest BCUT2D eigenvalue weighted by Crippen LogP contribution is -2.59. The highest BCUT2D eigenvalue weighted by molar-refractivity contribution is 4.79. The van der Waals surface area contributed by atoms with E-state index in [0.29, 0.717) is 0 Å². The molecule has 0 spiro atoms. The fourth-order valence-corrected chi connectivity index (χ4v) is 0.813. The fraction of sp³-hybridized carbons (Fsp3) is 1.00. The van der Waals surface area contributed by atoms with E-state index in [2.05, 4.69) is 0 Å². The summed E-state index contributed by atoms with van der Waals surface area (Å²) < 4.78 is 9.79. The molecular weight excluding hydrogens is 164 g/mol. The van der Waals surface area contributed by atoms with Crippen molar-refractivity contribution in [2.75, 3.05) is 26.3 Å². The molecule has 2 atom stereocenters. The van der Waals surface area contributed by atoms with Gasteiger partial charge in [-0.25, -0.2) is 0 Å². The minimum Gasteiger partial charge on any atom is -0.363 e. The molecule has 0 aromatic carbocycles. The van der Waals surface area contributed by atoms with Crippen LogP contribution in [0, 0.1) is 0 Å². The SMILES string of the molecule is NC[C@]1(O)CO[C@](O)(CN)CO1. The number of rotatable bonds is 2. The van der Waals surface area contributed by atoms with Gasteiger partial charge in [-0.3, -0.25) is 0 Å². The molecule has 1 heterocycles. The molecule has 1 aliphatic rings. The van der Waals surface area contributed by atoms with Crippen LogP contribution < -0.4 is 11.5 Å². The Morgan fingerprint density at radius 2 is 1.33 bits per heavy atom. The van der Waals surface area contributed by atoms with Crippen LogP contribution in [0.25, 0.3) is 0 Å². The van der Waals surface area contributed by atoms with Crippen molar-refractivity contribution in [1.29, 1.82) is 0 Å². The highest BCUT2D eigenvalue weighted by Gasteiger charge is 2.41. The molecule has 1 saturated heterocycles. The summed E-state index contributed by atoms with van der Waals surface area (Å²) in [6.45, 7) is -0.490. The average Bonchev–Trinajstić information content (AvgIpc) is 2.11. The van der Waals surface area contributed by atoms with E-state index in [0.717, 1.165) is 0 Å². The van der Waals surface area contributed by atoms with Crippen molar-refractivity contribution in [3.8, 4) is 0 Å². The highest BCUT2D eigenvalue weighted by atomic mass is 16.7. The van der Waals surface area contributed by atoms with Crippen LogP contribution in [0.2, 0.25) is 0 Å². The van der Waals surface area contributed by atoms with Crippen molar-refractivity contribution in [1.82, 2.24) is 0 Å². The van der Waals surface area contributed by atoms with Gasteiger partial charge in [0.1, 0.15) is 13.2 Å². The van der Waals surface area contributed by atoms with Gasteiger partial charge < -0.3 is 31.2 Å². The molecule has 6 N–H and O–H groups in total. The van der Waals surface area contributed by atoms with Crippen LogP contribution in [0.4, 0.5) is 0 Å². The zero-order chi connectivity index (χ0) is 9.24. The van der Waals surface area contributed by atoms with E-state index in [4.69, 9.17) is 20.9 Å². The van der Waals surface area contributed by atoms with E-state index < -0.39 is 11.6 Å². The Labute approximate surface area is 70.1 Å². The third-order valence-corrected chi connectivity index (χ3v) is 1.77. The van der Waals surface area contributed by atoms with Crippen molar-refractivity contribution in [2.24, 2.45) is 11.5 Å². The molecule has 1 rings (SSSR count). The summed E-state index contributed by atoms with van der Waals surface area (Å²) in [4.78, 5) is 0. The van der Waals surface area contributed by atoms with Crippen LogP contribution in [0.5, 0.6) is 0 Å². The third kappa shape index (κ3) is 1.92. The molecule has 0 aromatic heterocycles. The minimum atomic E-state index is -1.48. The topological polar surface area (TPSA) is 111 Å². The van der Waals surface area contributed by atoms with E-state index in [1.807, 2.05) is 0 Å². The van der Waals surface area contributed by atoms with Gasteiger partial charge in [0.25, 0.3) is 0 Å².